The van der Waals surface area contributed by atoms with Crippen molar-refractivity contribution >= 4 is 39.0 Å². The average molecular weight is 823 g/mol. The molecule has 7 aromatic rings. The van der Waals surface area contributed by atoms with Crippen LogP contribution in [0.4, 0.5) is 5.69 Å². The van der Waals surface area contributed by atoms with Crippen LogP contribution in [0.1, 0.15) is 93.2 Å². The molecule has 0 saturated carbocycles. The van der Waals surface area contributed by atoms with Gasteiger partial charge in [0.2, 0.25) is 0 Å². The Hall–Kier alpha value is -5.54. The minimum atomic E-state index is -0.494. The van der Waals surface area contributed by atoms with Gasteiger partial charge in [-0.05, 0) is 130 Å². The van der Waals surface area contributed by atoms with Crippen LogP contribution in [0.3, 0.4) is 0 Å². The molecule has 0 spiro atoms. The highest BCUT2D eigenvalue weighted by Crippen LogP contribution is 2.52. The number of hydrogen-bond donors (Lipinski definition) is 0. The van der Waals surface area contributed by atoms with Crippen molar-refractivity contribution in [2.75, 3.05) is 18.0 Å². The molecular formula is C51H54N2O6S. The van der Waals surface area contributed by atoms with E-state index in [1.807, 2.05) is 91.1 Å². The third-order valence-electron chi connectivity index (χ3n) is 12.1. The Morgan fingerprint density at radius 2 is 1.35 bits per heavy atom. The zero-order valence-corrected chi connectivity index (χ0v) is 37.4. The van der Waals surface area contributed by atoms with Crippen LogP contribution in [-0.2, 0) is 17.9 Å². The van der Waals surface area contributed by atoms with Gasteiger partial charge in [-0.25, -0.2) is 9.59 Å². The first-order valence-electron chi connectivity index (χ1n) is 20.9. The normalized spacial score (nSPS) is 16.0. The Morgan fingerprint density at radius 3 is 2.08 bits per heavy atom. The maximum Gasteiger partial charge on any atom is 0.345 e. The molecule has 8 nitrogen and oxygen atoms in total. The van der Waals surface area contributed by atoms with E-state index in [0.29, 0.717) is 33.6 Å². The SMILES string of the molecule is Cn1c(-c2cccc(-c3cc4c(OC(C)(C)C)cc(OC(C)(C)C)cc4oc3=O)c2)ccc1-c1ccc(-c2cc3cc4c5c(c3oc2=O)C(C)(C)CCN5CCC4(C)C)s1. The second kappa shape index (κ2) is 13.7. The Kier molecular flexibility index (Phi) is 9.14. The molecule has 0 bridgehead atoms. The van der Waals surface area contributed by atoms with Gasteiger partial charge in [0.1, 0.15) is 33.9 Å². The summed E-state index contributed by atoms with van der Waals surface area (Å²) in [5.74, 6) is 1.15. The molecule has 4 aromatic heterocycles. The fourth-order valence-corrected chi connectivity index (χ4v) is 10.1. The van der Waals surface area contributed by atoms with Crippen LogP contribution in [0.5, 0.6) is 11.5 Å². The number of rotatable bonds is 6. The molecular weight excluding hydrogens is 769 g/mol. The van der Waals surface area contributed by atoms with E-state index in [1.54, 1.807) is 17.4 Å². The standard InChI is InChI=1S/C51H54N2O6S/c1-48(2,3)58-32-26-39-34(40(27-32)59-49(4,5)6)28-33(46(54)56-39)29-13-12-14-30(23-29)37-15-16-38(52(37)11)42-18-17-41(60-42)35-24-31-25-36-44-43(45(31)57-47(35)55)51(9,10)20-22-53(44)21-19-50(36,7)8/h12-18,23-28H,19-22H2,1-11H3. The van der Waals surface area contributed by atoms with Gasteiger partial charge in [-0.15, -0.1) is 11.3 Å². The van der Waals surface area contributed by atoms with Gasteiger partial charge >= 0.3 is 11.3 Å². The Bertz CT molecular complexity index is 2980. The van der Waals surface area contributed by atoms with E-state index in [0.717, 1.165) is 69.2 Å². The molecule has 0 atom stereocenters. The molecule has 9 rings (SSSR count). The van der Waals surface area contributed by atoms with Gasteiger partial charge in [0.05, 0.1) is 27.1 Å². The lowest BCUT2D eigenvalue weighted by atomic mass is 9.69. The molecule has 0 unspecified atom stereocenters. The van der Waals surface area contributed by atoms with Crippen molar-refractivity contribution in [3.8, 4) is 54.9 Å². The van der Waals surface area contributed by atoms with Crippen LogP contribution in [0.25, 0.3) is 65.3 Å². The number of benzene rings is 3. The predicted octanol–water partition coefficient (Wildman–Crippen LogP) is 12.5. The highest BCUT2D eigenvalue weighted by atomic mass is 32.1. The fourth-order valence-electron chi connectivity index (χ4n) is 9.03. The van der Waals surface area contributed by atoms with Crippen LogP contribution < -0.4 is 25.6 Å². The molecule has 3 aromatic carbocycles. The second-order valence-corrected chi connectivity index (χ2v) is 21.0. The van der Waals surface area contributed by atoms with E-state index in [1.165, 1.54) is 16.8 Å². The van der Waals surface area contributed by atoms with Crippen LogP contribution in [0.15, 0.2) is 97.3 Å². The van der Waals surface area contributed by atoms with Gasteiger partial charge in [-0.3, -0.25) is 0 Å². The summed E-state index contributed by atoms with van der Waals surface area (Å²) in [6.45, 7) is 23.2. The number of hydrogen-bond acceptors (Lipinski definition) is 8. The van der Waals surface area contributed by atoms with Gasteiger partial charge in [-0.1, -0.05) is 45.9 Å². The summed E-state index contributed by atoms with van der Waals surface area (Å²) in [4.78, 5) is 31.9. The predicted molar refractivity (Wildman–Crippen MR) is 245 cm³/mol. The Labute approximate surface area is 355 Å². The third kappa shape index (κ3) is 7.04. The molecule has 9 heteroatoms. The number of thiophene rings is 1. The summed E-state index contributed by atoms with van der Waals surface area (Å²) in [5, 5.41) is 1.67. The highest BCUT2D eigenvalue weighted by molar-refractivity contribution is 7.18. The summed E-state index contributed by atoms with van der Waals surface area (Å²) in [6, 6.07) is 26.1. The molecule has 60 heavy (non-hydrogen) atoms. The smallest absolute Gasteiger partial charge is 0.345 e. The van der Waals surface area contributed by atoms with Gasteiger partial charge in [0, 0.05) is 59.5 Å². The molecule has 0 saturated heterocycles. The molecule has 0 aliphatic carbocycles. The summed E-state index contributed by atoms with van der Waals surface area (Å²) >= 11 is 1.58. The van der Waals surface area contributed by atoms with Crippen LogP contribution >= 0.6 is 11.3 Å². The molecule has 0 fully saturated rings. The number of fused-ring (bicyclic) bond motifs is 3. The Balaban J connectivity index is 1.06. The van der Waals surface area contributed by atoms with E-state index in [9.17, 15) is 9.59 Å². The fraction of sp³-hybridized carbons (Fsp3) is 0.373. The lowest BCUT2D eigenvalue weighted by Gasteiger charge is -2.48. The zero-order valence-electron chi connectivity index (χ0n) is 36.6. The van der Waals surface area contributed by atoms with E-state index in [2.05, 4.69) is 67.5 Å². The monoisotopic (exact) mass is 822 g/mol. The van der Waals surface area contributed by atoms with E-state index in [-0.39, 0.29) is 16.5 Å². The Morgan fingerprint density at radius 1 is 0.683 bits per heavy atom. The third-order valence-corrected chi connectivity index (χ3v) is 13.2. The minimum Gasteiger partial charge on any atom is -0.488 e. The summed E-state index contributed by atoms with van der Waals surface area (Å²) in [5.41, 5.74) is 7.83. The summed E-state index contributed by atoms with van der Waals surface area (Å²) in [7, 11) is 2.04. The number of anilines is 1. The molecule has 2 aliphatic rings. The van der Waals surface area contributed by atoms with Crippen LogP contribution in [0, 0.1) is 0 Å². The van der Waals surface area contributed by atoms with Crippen LogP contribution in [-0.4, -0.2) is 28.9 Å². The van der Waals surface area contributed by atoms with Crippen molar-refractivity contribution in [2.24, 2.45) is 7.05 Å². The van der Waals surface area contributed by atoms with Crippen molar-refractivity contribution in [2.45, 2.75) is 104 Å². The van der Waals surface area contributed by atoms with E-state index in [4.69, 9.17) is 18.3 Å². The van der Waals surface area contributed by atoms with Crippen LogP contribution in [0.2, 0.25) is 0 Å². The maximum absolute atomic E-state index is 13.9. The average Bonchev–Trinajstić information content (AvgIpc) is 3.78. The first-order valence-corrected chi connectivity index (χ1v) is 21.8. The molecule has 310 valence electrons. The minimum absolute atomic E-state index is 0.0249. The topological polar surface area (TPSA) is 87.0 Å². The van der Waals surface area contributed by atoms with Crippen molar-refractivity contribution in [3.63, 3.8) is 0 Å². The van der Waals surface area contributed by atoms with Gasteiger partial charge in [-0.2, -0.15) is 0 Å². The highest BCUT2D eigenvalue weighted by Gasteiger charge is 2.42. The van der Waals surface area contributed by atoms with Gasteiger partial charge in [0.15, 0.2) is 0 Å². The van der Waals surface area contributed by atoms with Crippen molar-refractivity contribution in [1.29, 1.82) is 0 Å². The first-order chi connectivity index (χ1) is 28.2. The molecule has 6 heterocycles. The number of aromatic nitrogens is 1. The lowest BCUT2D eigenvalue weighted by molar-refractivity contribution is 0.122. The molecule has 0 N–H and O–H groups in total. The summed E-state index contributed by atoms with van der Waals surface area (Å²) < 4.78 is 27.0. The summed E-state index contributed by atoms with van der Waals surface area (Å²) in [6.07, 6.45) is 2.11. The van der Waals surface area contributed by atoms with E-state index >= 15 is 0 Å². The second-order valence-electron chi connectivity index (χ2n) is 19.9. The molecule has 0 radical (unpaired) electrons. The quantitative estimate of drug-likeness (QED) is 0.154. The van der Waals surface area contributed by atoms with Gasteiger partial charge in [0.25, 0.3) is 0 Å². The van der Waals surface area contributed by atoms with Crippen molar-refractivity contribution in [1.82, 2.24) is 4.57 Å². The number of nitrogens with zero attached hydrogens (tertiary/aromatic N) is 2. The van der Waals surface area contributed by atoms with E-state index < -0.39 is 16.8 Å². The largest absolute Gasteiger partial charge is 0.488 e. The van der Waals surface area contributed by atoms with Crippen molar-refractivity contribution < 1.29 is 18.3 Å². The molecule has 0 amide bonds. The van der Waals surface area contributed by atoms with Crippen molar-refractivity contribution in [3.05, 3.63) is 111 Å². The van der Waals surface area contributed by atoms with Gasteiger partial charge < -0.3 is 27.8 Å². The maximum atomic E-state index is 13.9. The zero-order chi connectivity index (χ0) is 42.7. The molecule has 2 aliphatic heterocycles. The first kappa shape index (κ1) is 39.9. The number of ether oxygens (including phenoxy) is 2. The lowest BCUT2D eigenvalue weighted by Crippen LogP contribution is -2.44.